The highest BCUT2D eigenvalue weighted by molar-refractivity contribution is 7.13. The van der Waals surface area contributed by atoms with Crippen LogP contribution in [0.2, 0.25) is 5.02 Å². The number of rotatable bonds is 7. The number of carbonyl (C=O) groups is 1. The van der Waals surface area contributed by atoms with E-state index >= 15 is 0 Å². The van der Waals surface area contributed by atoms with Crippen molar-refractivity contribution in [2.24, 2.45) is 0 Å². The van der Waals surface area contributed by atoms with Gasteiger partial charge in [-0.1, -0.05) is 35.9 Å². The van der Waals surface area contributed by atoms with E-state index in [4.69, 9.17) is 20.8 Å². The molecule has 2 aromatic heterocycles. The smallest absolute Gasteiger partial charge is 0.271 e. The van der Waals surface area contributed by atoms with Gasteiger partial charge in [-0.05, 0) is 42.0 Å². The second-order valence-electron chi connectivity index (χ2n) is 6.24. The first-order chi connectivity index (χ1) is 14.2. The van der Waals surface area contributed by atoms with Crippen LogP contribution in [-0.2, 0) is 13.2 Å². The van der Waals surface area contributed by atoms with Gasteiger partial charge in [-0.25, -0.2) is 4.98 Å². The number of hydrogen-bond acceptors (Lipinski definition) is 5. The van der Waals surface area contributed by atoms with E-state index in [1.807, 2.05) is 54.6 Å². The van der Waals surface area contributed by atoms with E-state index in [0.717, 1.165) is 21.9 Å². The van der Waals surface area contributed by atoms with E-state index in [-0.39, 0.29) is 5.91 Å². The fourth-order valence-corrected chi connectivity index (χ4v) is 3.57. The monoisotopic (exact) mass is 424 g/mol. The summed E-state index contributed by atoms with van der Waals surface area (Å²) in [7, 11) is 0. The van der Waals surface area contributed by atoms with Crippen molar-refractivity contribution >= 4 is 28.8 Å². The number of aromatic nitrogens is 1. The molecule has 0 saturated carbocycles. The maximum absolute atomic E-state index is 12.3. The van der Waals surface area contributed by atoms with Crippen molar-refractivity contribution in [3.63, 3.8) is 0 Å². The Balaban J connectivity index is 1.40. The van der Waals surface area contributed by atoms with Crippen molar-refractivity contribution in [2.45, 2.75) is 13.2 Å². The lowest BCUT2D eigenvalue weighted by Crippen LogP contribution is -2.22. The minimum absolute atomic E-state index is 0.237. The van der Waals surface area contributed by atoms with Gasteiger partial charge in [0.15, 0.2) is 0 Å². The number of furan rings is 1. The van der Waals surface area contributed by atoms with E-state index in [9.17, 15) is 4.79 Å². The number of ether oxygens (including phenoxy) is 1. The number of thiazole rings is 1. The van der Waals surface area contributed by atoms with Crippen LogP contribution in [0.1, 0.15) is 21.8 Å². The Hall–Kier alpha value is -3.09. The molecule has 2 aromatic carbocycles. The summed E-state index contributed by atoms with van der Waals surface area (Å²) in [6.07, 6.45) is 1.57. The summed E-state index contributed by atoms with van der Waals surface area (Å²) in [5.41, 5.74) is 2.31. The normalized spacial score (nSPS) is 10.7. The summed E-state index contributed by atoms with van der Waals surface area (Å²) in [6.45, 7) is 0.769. The molecule has 4 rings (SSSR count). The van der Waals surface area contributed by atoms with Gasteiger partial charge in [-0.2, -0.15) is 0 Å². The molecule has 1 N–H and O–H groups in total. The van der Waals surface area contributed by atoms with Crippen LogP contribution < -0.4 is 10.1 Å². The summed E-state index contributed by atoms with van der Waals surface area (Å²) >= 11 is 7.32. The Kier molecular flexibility index (Phi) is 5.93. The molecular weight excluding hydrogens is 408 g/mol. The van der Waals surface area contributed by atoms with Crippen LogP contribution in [0.15, 0.2) is 76.7 Å². The van der Waals surface area contributed by atoms with E-state index in [2.05, 4.69) is 10.3 Å². The van der Waals surface area contributed by atoms with Crippen LogP contribution in [0.3, 0.4) is 0 Å². The van der Waals surface area contributed by atoms with Crippen molar-refractivity contribution in [3.05, 3.63) is 94.3 Å². The van der Waals surface area contributed by atoms with Crippen LogP contribution in [0.25, 0.3) is 10.6 Å². The first kappa shape index (κ1) is 19.2. The number of halogens is 1. The summed E-state index contributed by atoms with van der Waals surface area (Å²) in [5, 5.41) is 5.99. The van der Waals surface area contributed by atoms with Crippen LogP contribution in [0.5, 0.6) is 5.75 Å². The fourth-order valence-electron chi connectivity index (χ4n) is 2.65. The molecule has 0 fully saturated rings. The molecule has 0 aliphatic heterocycles. The lowest BCUT2D eigenvalue weighted by atomic mass is 10.2. The topological polar surface area (TPSA) is 64.4 Å². The minimum atomic E-state index is -0.237. The number of benzene rings is 2. The lowest BCUT2D eigenvalue weighted by molar-refractivity contribution is 0.0944. The quantitative estimate of drug-likeness (QED) is 0.421. The number of nitrogens with one attached hydrogen (secondary N) is 1. The Morgan fingerprint density at radius 2 is 2.00 bits per heavy atom. The lowest BCUT2D eigenvalue weighted by Gasteiger charge is -2.07. The van der Waals surface area contributed by atoms with Gasteiger partial charge < -0.3 is 14.5 Å². The first-order valence-corrected chi connectivity index (χ1v) is 10.2. The molecule has 146 valence electrons. The van der Waals surface area contributed by atoms with E-state index in [0.29, 0.717) is 29.6 Å². The van der Waals surface area contributed by atoms with Gasteiger partial charge >= 0.3 is 0 Å². The Morgan fingerprint density at radius 1 is 1.14 bits per heavy atom. The molecular formula is C22H17ClN2O3S. The van der Waals surface area contributed by atoms with E-state index < -0.39 is 0 Å². The van der Waals surface area contributed by atoms with Gasteiger partial charge in [-0.15, -0.1) is 11.3 Å². The Morgan fingerprint density at radius 3 is 2.79 bits per heavy atom. The summed E-state index contributed by atoms with van der Waals surface area (Å²) in [4.78, 5) is 16.7. The zero-order valence-corrected chi connectivity index (χ0v) is 16.9. The number of hydrogen-bond donors (Lipinski definition) is 1. The summed E-state index contributed by atoms with van der Waals surface area (Å²) < 4.78 is 11.1. The van der Waals surface area contributed by atoms with Gasteiger partial charge in [0.05, 0.1) is 12.8 Å². The average molecular weight is 425 g/mol. The molecule has 29 heavy (non-hydrogen) atoms. The summed E-state index contributed by atoms with van der Waals surface area (Å²) in [5.74, 6) is 1.19. The second-order valence-corrected chi connectivity index (χ2v) is 7.54. The Bertz CT molecular complexity index is 1090. The van der Waals surface area contributed by atoms with Crippen LogP contribution in [-0.4, -0.2) is 10.9 Å². The molecule has 0 radical (unpaired) electrons. The van der Waals surface area contributed by atoms with Crippen LogP contribution in [0, 0.1) is 0 Å². The molecule has 0 saturated heterocycles. The molecule has 0 bridgehead atoms. The predicted octanol–water partition coefficient (Wildman–Crippen LogP) is 5.57. The minimum Gasteiger partial charge on any atom is -0.489 e. The van der Waals surface area contributed by atoms with Crippen molar-refractivity contribution in [3.8, 4) is 16.3 Å². The van der Waals surface area contributed by atoms with Gasteiger partial charge in [0, 0.05) is 16.0 Å². The van der Waals surface area contributed by atoms with E-state index in [1.54, 1.807) is 17.7 Å². The van der Waals surface area contributed by atoms with Gasteiger partial charge in [0.1, 0.15) is 28.8 Å². The molecule has 2 heterocycles. The maximum Gasteiger partial charge on any atom is 0.271 e. The standard InChI is InChI=1S/C22H17ClN2O3S/c23-17-8-6-15(7-9-17)13-28-18-4-1-3-16(11-18)22-25-20(14-29-22)21(26)24-12-19-5-2-10-27-19/h1-11,14H,12-13H2,(H,24,26). The van der Waals surface area contributed by atoms with Crippen molar-refractivity contribution in [1.29, 1.82) is 0 Å². The SMILES string of the molecule is O=C(NCc1ccco1)c1csc(-c2cccc(OCc3ccc(Cl)cc3)c2)n1. The molecule has 0 aliphatic rings. The molecule has 4 aromatic rings. The van der Waals surface area contributed by atoms with Crippen LogP contribution >= 0.6 is 22.9 Å². The fraction of sp³-hybridized carbons (Fsp3) is 0.0909. The third-order valence-corrected chi connectivity index (χ3v) is 5.28. The molecule has 5 nitrogen and oxygen atoms in total. The summed E-state index contributed by atoms with van der Waals surface area (Å²) in [6, 6.07) is 18.8. The molecule has 0 spiro atoms. The van der Waals surface area contributed by atoms with Crippen molar-refractivity contribution in [2.75, 3.05) is 0 Å². The number of carbonyl (C=O) groups excluding carboxylic acids is 1. The molecule has 0 aliphatic carbocycles. The third-order valence-electron chi connectivity index (χ3n) is 4.14. The van der Waals surface area contributed by atoms with Crippen molar-refractivity contribution < 1.29 is 13.9 Å². The van der Waals surface area contributed by atoms with Gasteiger partial charge in [-0.3, -0.25) is 4.79 Å². The molecule has 0 atom stereocenters. The van der Waals surface area contributed by atoms with Gasteiger partial charge in [0.25, 0.3) is 5.91 Å². The average Bonchev–Trinajstić information content (AvgIpc) is 3.44. The maximum atomic E-state index is 12.3. The van der Waals surface area contributed by atoms with E-state index in [1.165, 1.54) is 11.3 Å². The Labute approximate surface area is 176 Å². The largest absolute Gasteiger partial charge is 0.489 e. The van der Waals surface area contributed by atoms with Crippen LogP contribution in [0.4, 0.5) is 0 Å². The highest BCUT2D eigenvalue weighted by Crippen LogP contribution is 2.27. The highest BCUT2D eigenvalue weighted by atomic mass is 35.5. The third kappa shape index (κ3) is 5.04. The van der Waals surface area contributed by atoms with Gasteiger partial charge in [0.2, 0.25) is 0 Å². The predicted molar refractivity (Wildman–Crippen MR) is 113 cm³/mol. The second kappa shape index (κ2) is 8.94. The van der Waals surface area contributed by atoms with Crippen molar-refractivity contribution in [1.82, 2.24) is 10.3 Å². The zero-order valence-electron chi connectivity index (χ0n) is 15.3. The number of nitrogens with zero attached hydrogens (tertiary/aromatic N) is 1. The zero-order chi connectivity index (χ0) is 20.1. The first-order valence-electron chi connectivity index (χ1n) is 8.91. The highest BCUT2D eigenvalue weighted by Gasteiger charge is 2.12. The molecule has 1 amide bonds. The molecule has 7 heteroatoms. The number of amides is 1. The molecule has 0 unspecified atom stereocenters.